The maximum Gasteiger partial charge on any atom is 0.261 e. The Hall–Kier alpha value is -2.66. The highest BCUT2D eigenvalue weighted by Gasteiger charge is 2.53. The van der Waals surface area contributed by atoms with E-state index in [1.807, 2.05) is 50.2 Å². The van der Waals surface area contributed by atoms with Crippen LogP contribution in [0.5, 0.6) is 0 Å². The average Bonchev–Trinajstić information content (AvgIpc) is 3.25. The van der Waals surface area contributed by atoms with Gasteiger partial charge in [-0.1, -0.05) is 81.4 Å². The van der Waals surface area contributed by atoms with E-state index < -0.39 is 39.0 Å². The molecule has 3 rings (SSSR count). The molecule has 1 unspecified atom stereocenters. The van der Waals surface area contributed by atoms with Crippen LogP contribution in [0.15, 0.2) is 72.4 Å². The minimum absolute atomic E-state index is 0.0696. The lowest BCUT2D eigenvalue weighted by Crippen LogP contribution is -2.67. The van der Waals surface area contributed by atoms with Crippen LogP contribution < -0.4 is 10.4 Å². The predicted molar refractivity (Wildman–Crippen MR) is 166 cm³/mol. The molecule has 2 aromatic carbocycles. The van der Waals surface area contributed by atoms with Crippen LogP contribution in [0.3, 0.4) is 0 Å². The fourth-order valence-corrected chi connectivity index (χ4v) is 9.96. The lowest BCUT2D eigenvalue weighted by Gasteiger charge is -2.43. The Morgan fingerprint density at radius 3 is 1.93 bits per heavy atom. The van der Waals surface area contributed by atoms with E-state index >= 15 is 0 Å². The molecule has 1 saturated heterocycles. The van der Waals surface area contributed by atoms with E-state index in [0.29, 0.717) is 5.57 Å². The van der Waals surface area contributed by atoms with Gasteiger partial charge in [0.05, 0.1) is 18.8 Å². The van der Waals surface area contributed by atoms with Gasteiger partial charge in [0.1, 0.15) is 18.3 Å². The molecule has 0 radical (unpaired) electrons. The molecule has 1 fully saturated rings. The third kappa shape index (κ3) is 7.27. The van der Waals surface area contributed by atoms with E-state index in [0.717, 1.165) is 10.4 Å². The number of hydrogen-bond acceptors (Lipinski definition) is 7. The van der Waals surface area contributed by atoms with E-state index in [1.54, 1.807) is 14.0 Å². The van der Waals surface area contributed by atoms with Gasteiger partial charge in [-0.2, -0.15) is 0 Å². The number of aliphatic hydroxyl groups excluding tert-OH is 1. The average molecular weight is 598 g/mol. The molecule has 6 atom stereocenters. The molecule has 8 nitrogen and oxygen atoms in total. The normalized spacial score (nSPS) is 23.0. The Labute approximate surface area is 251 Å². The second-order valence-corrected chi connectivity index (χ2v) is 16.4. The summed E-state index contributed by atoms with van der Waals surface area (Å²) in [4.78, 5) is 26.2. The molecular formula is C33H47NO7Si. The van der Waals surface area contributed by atoms with Crippen molar-refractivity contribution < 1.29 is 33.3 Å². The number of allylic oxidation sites excluding steroid dienone is 1. The Kier molecular flexibility index (Phi) is 11.4. The zero-order chi connectivity index (χ0) is 31.2. The highest BCUT2D eigenvalue weighted by Crippen LogP contribution is 2.38. The first kappa shape index (κ1) is 33.8. The number of methoxy groups -OCH3 is 1. The summed E-state index contributed by atoms with van der Waals surface area (Å²) in [5.41, 5.74) is 0.382. The lowest BCUT2D eigenvalue weighted by molar-refractivity contribution is -0.157. The van der Waals surface area contributed by atoms with Crippen molar-refractivity contribution in [1.82, 2.24) is 4.90 Å². The molecule has 1 N–H and O–H groups in total. The maximum atomic E-state index is 12.8. The van der Waals surface area contributed by atoms with Crippen LogP contribution in [0.25, 0.3) is 0 Å². The molecule has 0 aromatic heterocycles. The first-order valence-corrected chi connectivity index (χ1v) is 16.4. The van der Waals surface area contributed by atoms with Crippen molar-refractivity contribution in [3.8, 4) is 0 Å². The summed E-state index contributed by atoms with van der Waals surface area (Å²) < 4.78 is 25.2. The lowest BCUT2D eigenvalue weighted by atomic mass is 10.1. The molecule has 2 aromatic rings. The molecule has 1 heterocycles. The predicted octanol–water partition coefficient (Wildman–Crippen LogP) is 3.80. The molecule has 9 heteroatoms. The van der Waals surface area contributed by atoms with E-state index in [4.69, 9.17) is 18.6 Å². The van der Waals surface area contributed by atoms with Gasteiger partial charge in [-0.05, 0) is 43.1 Å². The SMILES string of the molecule is CO[C@@H](C)[C@@H](C)O[C@H]1C(O)[C@@H](CO[Si](c2ccccc2)(c2ccccc2)C(C)(C)C)O[C@H]1N(/C=C(/C)C(C)=O)C(C)=O. The molecular weight excluding hydrogens is 550 g/mol. The number of aliphatic hydroxyl groups is 1. The molecule has 0 saturated carbocycles. The molecule has 230 valence electrons. The smallest absolute Gasteiger partial charge is 0.261 e. The zero-order valence-electron chi connectivity index (χ0n) is 26.4. The number of Topliss-reactive ketones (excluding diaryl/α,β-unsaturated/α-hetero) is 1. The quantitative estimate of drug-likeness (QED) is 0.294. The highest BCUT2D eigenvalue weighted by atomic mass is 28.4. The number of hydrogen-bond donors (Lipinski definition) is 1. The number of nitrogens with zero attached hydrogens (tertiary/aromatic N) is 1. The van der Waals surface area contributed by atoms with Crippen molar-refractivity contribution in [2.24, 2.45) is 0 Å². The standard InChI is InChI=1S/C33H47NO7Si/c1-22(23(2)35)20-34(26(5)36)32-31(40-25(4)24(3)38-9)30(37)29(41-32)21-39-42(33(6,7)8,27-16-12-10-13-17-27)28-18-14-11-15-19-28/h10-20,24-25,29-32,37H,21H2,1-9H3/b22-20-/t24-,25+,29+,30?,31-,32+/m0/s1. The molecule has 0 bridgehead atoms. The van der Waals surface area contributed by atoms with Crippen LogP contribution >= 0.6 is 0 Å². The summed E-state index contributed by atoms with van der Waals surface area (Å²) in [5, 5.41) is 13.6. The van der Waals surface area contributed by atoms with Crippen molar-refractivity contribution in [2.45, 2.75) is 97.2 Å². The summed E-state index contributed by atoms with van der Waals surface area (Å²) in [7, 11) is -1.34. The third-order valence-electron chi connectivity index (χ3n) is 8.12. The summed E-state index contributed by atoms with van der Waals surface area (Å²) in [6.07, 6.45) is -3.04. The van der Waals surface area contributed by atoms with Crippen LogP contribution in [0.1, 0.15) is 55.4 Å². The number of ether oxygens (including phenoxy) is 3. The summed E-state index contributed by atoms with van der Waals surface area (Å²) in [5.74, 6) is -0.521. The fraction of sp³-hybridized carbons (Fsp3) is 0.515. The topological polar surface area (TPSA) is 94.5 Å². The van der Waals surface area contributed by atoms with Gasteiger partial charge in [0, 0.05) is 25.8 Å². The summed E-state index contributed by atoms with van der Waals surface area (Å²) >= 11 is 0. The Morgan fingerprint density at radius 1 is 0.976 bits per heavy atom. The van der Waals surface area contributed by atoms with Crippen molar-refractivity contribution in [1.29, 1.82) is 0 Å². The van der Waals surface area contributed by atoms with Gasteiger partial charge in [-0.25, -0.2) is 0 Å². The molecule has 1 aliphatic heterocycles. The molecule has 0 aliphatic carbocycles. The summed E-state index contributed by atoms with van der Waals surface area (Å²) in [6, 6.07) is 20.5. The van der Waals surface area contributed by atoms with Crippen molar-refractivity contribution in [3.05, 3.63) is 72.4 Å². The van der Waals surface area contributed by atoms with Crippen molar-refractivity contribution in [2.75, 3.05) is 13.7 Å². The molecule has 1 amide bonds. The largest absolute Gasteiger partial charge is 0.405 e. The minimum Gasteiger partial charge on any atom is -0.405 e. The number of carbonyl (C=O) groups is 2. The fourth-order valence-electron chi connectivity index (χ4n) is 5.39. The van der Waals surface area contributed by atoms with Crippen LogP contribution in [0.2, 0.25) is 5.04 Å². The molecule has 0 spiro atoms. The molecule has 1 aliphatic rings. The Bertz CT molecular complexity index is 1170. The first-order valence-electron chi connectivity index (χ1n) is 14.5. The van der Waals surface area contributed by atoms with Crippen LogP contribution in [-0.4, -0.2) is 80.5 Å². The third-order valence-corrected chi connectivity index (χ3v) is 13.1. The Balaban J connectivity index is 2.04. The number of benzene rings is 2. The first-order chi connectivity index (χ1) is 19.7. The van der Waals surface area contributed by atoms with Gasteiger partial charge >= 0.3 is 0 Å². The van der Waals surface area contributed by atoms with E-state index in [9.17, 15) is 14.7 Å². The number of rotatable bonds is 12. The van der Waals surface area contributed by atoms with Gasteiger partial charge in [-0.3, -0.25) is 14.5 Å². The molecule has 42 heavy (non-hydrogen) atoms. The van der Waals surface area contributed by atoms with Gasteiger partial charge in [0.25, 0.3) is 8.32 Å². The number of amides is 1. The number of carbonyl (C=O) groups excluding carboxylic acids is 2. The Morgan fingerprint density at radius 2 is 1.50 bits per heavy atom. The highest BCUT2D eigenvalue weighted by molar-refractivity contribution is 6.99. The van der Waals surface area contributed by atoms with E-state index in [2.05, 4.69) is 45.0 Å². The summed E-state index contributed by atoms with van der Waals surface area (Å²) in [6.45, 7) is 14.8. The van der Waals surface area contributed by atoms with Crippen molar-refractivity contribution >= 4 is 30.4 Å². The van der Waals surface area contributed by atoms with E-state index in [-0.39, 0.29) is 29.4 Å². The monoisotopic (exact) mass is 597 g/mol. The van der Waals surface area contributed by atoms with Gasteiger partial charge in [0.15, 0.2) is 12.0 Å². The van der Waals surface area contributed by atoms with Crippen LogP contribution in [-0.2, 0) is 28.2 Å². The van der Waals surface area contributed by atoms with E-state index in [1.165, 1.54) is 24.9 Å². The second-order valence-electron chi connectivity index (χ2n) is 12.1. The zero-order valence-corrected chi connectivity index (χ0v) is 27.4. The van der Waals surface area contributed by atoms with Crippen molar-refractivity contribution in [3.63, 3.8) is 0 Å². The maximum absolute atomic E-state index is 12.8. The van der Waals surface area contributed by atoms with Gasteiger partial charge in [-0.15, -0.1) is 0 Å². The van der Waals surface area contributed by atoms with Crippen LogP contribution in [0, 0.1) is 0 Å². The number of ketones is 1. The second kappa shape index (κ2) is 14.2. The minimum atomic E-state index is -2.93. The van der Waals surface area contributed by atoms with Gasteiger partial charge < -0.3 is 23.7 Å². The van der Waals surface area contributed by atoms with Crippen LogP contribution in [0.4, 0.5) is 0 Å². The van der Waals surface area contributed by atoms with Gasteiger partial charge in [0.2, 0.25) is 5.91 Å².